The van der Waals surface area contributed by atoms with Crippen LogP contribution in [0, 0.1) is 5.92 Å². The minimum Gasteiger partial charge on any atom is -0.387 e. The van der Waals surface area contributed by atoms with Crippen molar-refractivity contribution in [3.05, 3.63) is 29.3 Å². The van der Waals surface area contributed by atoms with Gasteiger partial charge in [0.2, 0.25) is 0 Å². The molecular formula is C13H15N3O2. The number of imide groups is 1. The third-order valence-corrected chi connectivity index (χ3v) is 2.92. The molecule has 2 amide bonds. The molecule has 0 aromatic heterocycles. The van der Waals surface area contributed by atoms with Gasteiger partial charge < -0.3 is 5.73 Å². The van der Waals surface area contributed by atoms with E-state index in [0.717, 1.165) is 4.90 Å². The molecular weight excluding hydrogens is 230 g/mol. The molecule has 2 N–H and O–H groups in total. The minimum absolute atomic E-state index is 0.137. The number of aliphatic imine (C=N–C) groups is 1. The second-order valence-electron chi connectivity index (χ2n) is 4.59. The monoisotopic (exact) mass is 245 g/mol. The highest BCUT2D eigenvalue weighted by atomic mass is 16.2. The number of hydrogen-bond donors (Lipinski definition) is 1. The van der Waals surface area contributed by atoms with Crippen molar-refractivity contribution in [3.63, 3.8) is 0 Å². The molecule has 2 rings (SSSR count). The van der Waals surface area contributed by atoms with Gasteiger partial charge in [-0.15, -0.1) is 0 Å². The van der Waals surface area contributed by atoms with E-state index < -0.39 is 0 Å². The average molecular weight is 245 g/mol. The van der Waals surface area contributed by atoms with Crippen LogP contribution in [-0.2, 0) is 0 Å². The van der Waals surface area contributed by atoms with E-state index in [4.69, 9.17) is 5.73 Å². The van der Waals surface area contributed by atoms with Gasteiger partial charge in [0.15, 0.2) is 0 Å². The van der Waals surface area contributed by atoms with E-state index in [2.05, 4.69) is 4.99 Å². The third kappa shape index (κ3) is 1.88. The number of amidine groups is 1. The van der Waals surface area contributed by atoms with E-state index in [9.17, 15) is 9.59 Å². The van der Waals surface area contributed by atoms with E-state index in [0.29, 0.717) is 22.6 Å². The summed E-state index contributed by atoms with van der Waals surface area (Å²) >= 11 is 0. The predicted octanol–water partition coefficient (Wildman–Crippen LogP) is 1.56. The van der Waals surface area contributed by atoms with Crippen molar-refractivity contribution in [2.24, 2.45) is 16.6 Å². The Morgan fingerprint density at radius 1 is 1.22 bits per heavy atom. The van der Waals surface area contributed by atoms with Crippen molar-refractivity contribution in [1.29, 1.82) is 0 Å². The van der Waals surface area contributed by atoms with Gasteiger partial charge in [-0.25, -0.2) is 4.99 Å². The van der Waals surface area contributed by atoms with Crippen molar-refractivity contribution in [3.8, 4) is 0 Å². The predicted molar refractivity (Wildman–Crippen MR) is 69.0 cm³/mol. The van der Waals surface area contributed by atoms with Crippen LogP contribution in [0.15, 0.2) is 23.2 Å². The first-order valence-corrected chi connectivity index (χ1v) is 5.72. The van der Waals surface area contributed by atoms with Gasteiger partial charge in [0, 0.05) is 13.0 Å². The quantitative estimate of drug-likeness (QED) is 0.488. The number of fused-ring (bicyclic) bond motifs is 1. The first-order chi connectivity index (χ1) is 8.41. The summed E-state index contributed by atoms with van der Waals surface area (Å²) in [6.07, 6.45) is 0. The third-order valence-electron chi connectivity index (χ3n) is 2.92. The maximum atomic E-state index is 11.8. The molecule has 0 atom stereocenters. The van der Waals surface area contributed by atoms with Crippen molar-refractivity contribution in [2.45, 2.75) is 13.8 Å². The summed E-state index contributed by atoms with van der Waals surface area (Å²) in [4.78, 5) is 28.8. The Balaban J connectivity index is 2.44. The highest BCUT2D eigenvalue weighted by Gasteiger charge is 2.32. The van der Waals surface area contributed by atoms with Crippen LogP contribution in [0.5, 0.6) is 0 Å². The topological polar surface area (TPSA) is 75.8 Å². The Morgan fingerprint density at radius 2 is 1.83 bits per heavy atom. The molecule has 1 heterocycles. The fourth-order valence-corrected chi connectivity index (χ4v) is 1.70. The molecule has 5 heteroatoms. The molecule has 0 radical (unpaired) electrons. The Morgan fingerprint density at radius 3 is 2.44 bits per heavy atom. The molecule has 5 nitrogen and oxygen atoms in total. The number of benzene rings is 1. The van der Waals surface area contributed by atoms with E-state index in [1.807, 2.05) is 13.8 Å². The van der Waals surface area contributed by atoms with Gasteiger partial charge in [-0.3, -0.25) is 14.5 Å². The number of hydrogen-bond acceptors (Lipinski definition) is 3. The molecule has 1 aromatic carbocycles. The van der Waals surface area contributed by atoms with Crippen molar-refractivity contribution in [1.82, 2.24) is 4.90 Å². The zero-order valence-corrected chi connectivity index (χ0v) is 10.6. The Hall–Kier alpha value is -2.17. The van der Waals surface area contributed by atoms with Crippen LogP contribution in [0.2, 0.25) is 0 Å². The number of nitrogens with two attached hydrogens (primary N) is 1. The molecule has 1 aliphatic heterocycles. The average Bonchev–Trinajstić information content (AvgIpc) is 2.54. The molecule has 0 fully saturated rings. The molecule has 0 spiro atoms. The lowest BCUT2D eigenvalue weighted by Crippen LogP contribution is -2.24. The van der Waals surface area contributed by atoms with Crippen molar-refractivity contribution < 1.29 is 9.59 Å². The lowest BCUT2D eigenvalue weighted by molar-refractivity contribution is 0.0693. The molecule has 1 aromatic rings. The van der Waals surface area contributed by atoms with Crippen LogP contribution in [0.3, 0.4) is 0 Å². The highest BCUT2D eigenvalue weighted by molar-refractivity contribution is 6.21. The number of carbonyl (C=O) groups is 2. The van der Waals surface area contributed by atoms with Gasteiger partial charge in [-0.1, -0.05) is 13.8 Å². The minimum atomic E-state index is -0.296. The van der Waals surface area contributed by atoms with Gasteiger partial charge in [0.05, 0.1) is 16.8 Å². The zero-order valence-electron chi connectivity index (χ0n) is 10.6. The van der Waals surface area contributed by atoms with E-state index in [1.165, 1.54) is 7.05 Å². The fourth-order valence-electron chi connectivity index (χ4n) is 1.70. The number of nitrogens with zero attached hydrogens (tertiary/aromatic N) is 2. The second kappa shape index (κ2) is 4.25. The van der Waals surface area contributed by atoms with E-state index in [-0.39, 0.29) is 17.7 Å². The summed E-state index contributed by atoms with van der Waals surface area (Å²) in [5.74, 6) is 0.0656. The summed E-state index contributed by atoms with van der Waals surface area (Å²) < 4.78 is 0. The Labute approximate surface area is 105 Å². The van der Waals surface area contributed by atoms with Crippen LogP contribution < -0.4 is 5.73 Å². The van der Waals surface area contributed by atoms with Gasteiger partial charge >= 0.3 is 0 Å². The first-order valence-electron chi connectivity index (χ1n) is 5.72. The highest BCUT2D eigenvalue weighted by Crippen LogP contribution is 2.26. The fraction of sp³-hybridized carbons (Fsp3) is 0.308. The van der Waals surface area contributed by atoms with Crippen LogP contribution in [-0.4, -0.2) is 29.6 Å². The van der Waals surface area contributed by atoms with E-state index >= 15 is 0 Å². The van der Waals surface area contributed by atoms with Crippen molar-refractivity contribution >= 4 is 23.3 Å². The molecule has 94 valence electrons. The summed E-state index contributed by atoms with van der Waals surface area (Å²) in [5, 5.41) is 0. The smallest absolute Gasteiger partial charge is 0.261 e. The Bertz CT molecular complexity index is 561. The summed E-state index contributed by atoms with van der Waals surface area (Å²) in [6.45, 7) is 3.88. The SMILES string of the molecule is CC(C)C(N)=Nc1ccc2c(c1)C(=O)N(C)C2=O. The molecule has 0 aliphatic carbocycles. The molecule has 0 unspecified atom stereocenters. The van der Waals surface area contributed by atoms with E-state index in [1.54, 1.807) is 18.2 Å². The number of carbonyl (C=O) groups excluding carboxylic acids is 2. The molecule has 0 saturated carbocycles. The number of amides is 2. The summed E-state index contributed by atoms with van der Waals surface area (Å²) in [5.41, 5.74) is 7.17. The van der Waals surface area contributed by atoms with Crippen LogP contribution in [0.4, 0.5) is 5.69 Å². The standard InChI is InChI=1S/C13H15N3O2/c1-7(2)11(14)15-8-4-5-9-10(6-8)13(18)16(3)12(9)17/h4-7H,1-3H3,(H2,14,15). The largest absolute Gasteiger partial charge is 0.387 e. The maximum absolute atomic E-state index is 11.8. The van der Waals surface area contributed by atoms with Gasteiger partial charge in [-0.2, -0.15) is 0 Å². The molecule has 1 aliphatic rings. The zero-order chi connectivity index (χ0) is 13.4. The summed E-state index contributed by atoms with van der Waals surface area (Å²) in [7, 11) is 1.47. The first kappa shape index (κ1) is 12.3. The lowest BCUT2D eigenvalue weighted by atomic mass is 10.1. The summed E-state index contributed by atoms with van der Waals surface area (Å²) in [6, 6.07) is 4.91. The second-order valence-corrected chi connectivity index (χ2v) is 4.59. The normalized spacial score (nSPS) is 15.6. The van der Waals surface area contributed by atoms with Crippen LogP contribution in [0.25, 0.3) is 0 Å². The van der Waals surface area contributed by atoms with Crippen molar-refractivity contribution in [2.75, 3.05) is 7.05 Å². The number of rotatable bonds is 2. The van der Waals surface area contributed by atoms with Crippen LogP contribution >= 0.6 is 0 Å². The lowest BCUT2D eigenvalue weighted by Gasteiger charge is -2.04. The van der Waals surface area contributed by atoms with Gasteiger partial charge in [0.1, 0.15) is 5.84 Å². The molecule has 0 bridgehead atoms. The van der Waals surface area contributed by atoms with Gasteiger partial charge in [-0.05, 0) is 18.2 Å². The maximum Gasteiger partial charge on any atom is 0.261 e. The molecule has 18 heavy (non-hydrogen) atoms. The van der Waals surface area contributed by atoms with Gasteiger partial charge in [0.25, 0.3) is 11.8 Å². The Kier molecular flexibility index (Phi) is 2.90. The van der Waals surface area contributed by atoms with Crippen LogP contribution in [0.1, 0.15) is 34.6 Å². The molecule has 0 saturated heterocycles.